The van der Waals surface area contributed by atoms with Gasteiger partial charge in [-0.25, -0.2) is 0 Å². The number of hydrogen-bond donors (Lipinski definition) is 1. The van der Waals surface area contributed by atoms with Crippen LogP contribution in [0.25, 0.3) is 0 Å². The predicted octanol–water partition coefficient (Wildman–Crippen LogP) is 1.25. The second-order valence-electron chi connectivity index (χ2n) is 4.06. The van der Waals surface area contributed by atoms with Gasteiger partial charge in [0.2, 0.25) is 5.91 Å². The summed E-state index contributed by atoms with van der Waals surface area (Å²) < 4.78 is 0. The summed E-state index contributed by atoms with van der Waals surface area (Å²) in [5, 5.41) is 10.8. The zero-order chi connectivity index (χ0) is 12.6. The van der Waals surface area contributed by atoms with Gasteiger partial charge in [-0.1, -0.05) is 6.07 Å². The molecule has 1 heterocycles. The fourth-order valence-electron chi connectivity index (χ4n) is 2.06. The lowest BCUT2D eigenvalue weighted by Crippen LogP contribution is -2.41. The van der Waals surface area contributed by atoms with E-state index in [0.717, 1.165) is 0 Å². The largest absolute Gasteiger partial charge is 0.320 e. The number of benzene rings is 1. The van der Waals surface area contributed by atoms with Gasteiger partial charge in [0.15, 0.2) is 0 Å². The minimum absolute atomic E-state index is 0. The maximum Gasteiger partial charge on any atom is 0.274 e. The number of fused-ring (bicyclic) bond motifs is 1. The lowest BCUT2D eigenvalue weighted by molar-refractivity contribution is -0.385. The van der Waals surface area contributed by atoms with E-state index in [1.165, 1.54) is 11.0 Å². The first kappa shape index (κ1) is 14.4. The number of amides is 1. The molecule has 1 aromatic rings. The molecule has 6 nitrogen and oxygen atoms in total. The van der Waals surface area contributed by atoms with Gasteiger partial charge in [0, 0.05) is 12.6 Å². The Balaban J connectivity index is 0.00000162. The van der Waals surface area contributed by atoms with Gasteiger partial charge in [-0.2, -0.15) is 0 Å². The Bertz CT molecular complexity index is 490. The van der Waals surface area contributed by atoms with Gasteiger partial charge in [0.05, 0.1) is 22.2 Å². The average molecular weight is 272 g/mol. The molecule has 7 heteroatoms. The Labute approximate surface area is 110 Å². The quantitative estimate of drug-likeness (QED) is 0.647. The first-order valence-electron chi connectivity index (χ1n) is 5.35. The van der Waals surface area contributed by atoms with Crippen LogP contribution in [0.5, 0.6) is 0 Å². The van der Waals surface area contributed by atoms with Crippen LogP contribution >= 0.6 is 12.4 Å². The molecule has 0 saturated carbocycles. The molecule has 1 aromatic carbocycles. The molecular formula is C11H14ClN3O3. The molecule has 18 heavy (non-hydrogen) atoms. The average Bonchev–Trinajstić information content (AvgIpc) is 2.70. The lowest BCUT2D eigenvalue weighted by atomic mass is 10.1. The van der Waals surface area contributed by atoms with Crippen LogP contribution in [0.15, 0.2) is 18.2 Å². The van der Waals surface area contributed by atoms with Crippen LogP contribution in [0.4, 0.5) is 11.4 Å². The highest BCUT2D eigenvalue weighted by molar-refractivity contribution is 5.99. The van der Waals surface area contributed by atoms with Gasteiger partial charge in [0.25, 0.3) is 5.69 Å². The number of carbonyl (C=O) groups is 1. The Morgan fingerprint density at radius 2 is 2.22 bits per heavy atom. The molecule has 0 unspecified atom stereocenters. The van der Waals surface area contributed by atoms with E-state index in [9.17, 15) is 14.9 Å². The Morgan fingerprint density at radius 1 is 1.56 bits per heavy atom. The monoisotopic (exact) mass is 271 g/mol. The highest BCUT2D eigenvalue weighted by atomic mass is 35.5. The number of rotatable bonds is 2. The summed E-state index contributed by atoms with van der Waals surface area (Å²) in [6, 6.07) is 4.16. The van der Waals surface area contributed by atoms with Crippen molar-refractivity contribution in [3.63, 3.8) is 0 Å². The van der Waals surface area contributed by atoms with Gasteiger partial charge in [0.1, 0.15) is 0 Å². The summed E-state index contributed by atoms with van der Waals surface area (Å²) >= 11 is 0. The molecule has 1 atom stereocenters. The number of nitro benzene ring substituents is 1. The van der Waals surface area contributed by atoms with E-state index in [-0.39, 0.29) is 24.0 Å². The van der Waals surface area contributed by atoms with Crippen LogP contribution in [0.3, 0.4) is 0 Å². The van der Waals surface area contributed by atoms with E-state index in [2.05, 4.69) is 0 Å². The van der Waals surface area contributed by atoms with Crippen molar-refractivity contribution in [1.82, 2.24) is 0 Å². The minimum Gasteiger partial charge on any atom is -0.320 e. The highest BCUT2D eigenvalue weighted by Crippen LogP contribution is 2.34. The second kappa shape index (κ2) is 5.32. The summed E-state index contributed by atoms with van der Waals surface area (Å²) in [5.74, 6) is -0.204. The van der Waals surface area contributed by atoms with Crippen LogP contribution in [-0.2, 0) is 11.2 Å². The van der Waals surface area contributed by atoms with Gasteiger partial charge in [-0.15, -0.1) is 12.4 Å². The lowest BCUT2D eigenvalue weighted by Gasteiger charge is -2.19. The first-order valence-corrected chi connectivity index (χ1v) is 5.35. The van der Waals surface area contributed by atoms with Crippen LogP contribution in [0.2, 0.25) is 0 Å². The van der Waals surface area contributed by atoms with Crippen LogP contribution < -0.4 is 10.6 Å². The Morgan fingerprint density at radius 3 is 2.78 bits per heavy atom. The van der Waals surface area contributed by atoms with E-state index >= 15 is 0 Å². The summed E-state index contributed by atoms with van der Waals surface area (Å²) in [5.41, 5.74) is 6.85. The number of nitrogens with two attached hydrogens (primary N) is 1. The van der Waals surface area contributed by atoms with Crippen molar-refractivity contribution in [2.75, 3.05) is 11.4 Å². The number of carbonyl (C=O) groups excluding carboxylic acids is 1. The summed E-state index contributed by atoms with van der Waals surface area (Å²) in [6.07, 6.45) is 0.505. The molecule has 0 aromatic heterocycles. The zero-order valence-corrected chi connectivity index (χ0v) is 10.6. The second-order valence-corrected chi connectivity index (χ2v) is 4.06. The molecule has 0 bridgehead atoms. The zero-order valence-electron chi connectivity index (χ0n) is 9.83. The third-order valence-corrected chi connectivity index (χ3v) is 2.86. The molecule has 0 spiro atoms. The van der Waals surface area contributed by atoms with Crippen molar-refractivity contribution in [2.45, 2.75) is 19.4 Å². The van der Waals surface area contributed by atoms with Crippen molar-refractivity contribution in [3.05, 3.63) is 33.9 Å². The predicted molar refractivity (Wildman–Crippen MR) is 70.1 cm³/mol. The standard InChI is InChI=1S/C11H13N3O3.ClH/c1-7(12)11(15)13-6-5-8-9(13)3-2-4-10(8)14(16)17;/h2-4,7H,5-6,12H2,1H3;1H/t7-;/m0./s1. The molecule has 0 radical (unpaired) electrons. The van der Waals surface area contributed by atoms with Gasteiger partial charge in [-0.3, -0.25) is 14.9 Å². The smallest absolute Gasteiger partial charge is 0.274 e. The highest BCUT2D eigenvalue weighted by Gasteiger charge is 2.31. The van der Waals surface area contributed by atoms with E-state index in [4.69, 9.17) is 5.73 Å². The van der Waals surface area contributed by atoms with Gasteiger partial charge < -0.3 is 10.6 Å². The van der Waals surface area contributed by atoms with Crippen molar-refractivity contribution in [2.24, 2.45) is 5.73 Å². The SMILES string of the molecule is C[C@H](N)C(=O)N1CCc2c1cccc2[N+](=O)[O-].Cl. The van der Waals surface area contributed by atoms with Crippen LogP contribution in [0, 0.1) is 10.1 Å². The summed E-state index contributed by atoms with van der Waals surface area (Å²) in [4.78, 5) is 23.8. The van der Waals surface area contributed by atoms with Gasteiger partial charge >= 0.3 is 0 Å². The van der Waals surface area contributed by atoms with E-state index in [1.54, 1.807) is 19.1 Å². The molecule has 2 rings (SSSR count). The van der Waals surface area contributed by atoms with Crippen molar-refractivity contribution >= 4 is 29.7 Å². The van der Waals surface area contributed by atoms with E-state index in [0.29, 0.717) is 24.2 Å². The molecule has 98 valence electrons. The Hall–Kier alpha value is -1.66. The van der Waals surface area contributed by atoms with Crippen molar-refractivity contribution < 1.29 is 9.72 Å². The molecule has 0 aliphatic carbocycles. The molecule has 0 saturated heterocycles. The molecular weight excluding hydrogens is 258 g/mol. The summed E-state index contributed by atoms with van der Waals surface area (Å²) in [6.45, 7) is 2.07. The fourth-order valence-corrected chi connectivity index (χ4v) is 2.06. The molecule has 1 aliphatic rings. The van der Waals surface area contributed by atoms with Crippen LogP contribution in [-0.4, -0.2) is 23.4 Å². The van der Waals surface area contributed by atoms with Crippen molar-refractivity contribution in [3.8, 4) is 0 Å². The van der Waals surface area contributed by atoms with Crippen molar-refractivity contribution in [1.29, 1.82) is 0 Å². The molecule has 0 fully saturated rings. The Kier molecular flexibility index (Phi) is 4.26. The topological polar surface area (TPSA) is 89.5 Å². The summed E-state index contributed by atoms with van der Waals surface area (Å²) in [7, 11) is 0. The van der Waals surface area contributed by atoms with Crippen LogP contribution in [0.1, 0.15) is 12.5 Å². The fraction of sp³-hybridized carbons (Fsp3) is 0.364. The van der Waals surface area contributed by atoms with Gasteiger partial charge in [-0.05, 0) is 19.4 Å². The number of halogens is 1. The van der Waals surface area contributed by atoms with E-state index in [1.807, 2.05) is 0 Å². The number of hydrogen-bond acceptors (Lipinski definition) is 4. The third kappa shape index (κ3) is 2.30. The third-order valence-electron chi connectivity index (χ3n) is 2.86. The number of nitrogens with zero attached hydrogens (tertiary/aromatic N) is 2. The minimum atomic E-state index is -0.597. The number of nitro groups is 1. The molecule has 1 aliphatic heterocycles. The molecule has 1 amide bonds. The maximum absolute atomic E-state index is 11.8. The maximum atomic E-state index is 11.8. The number of anilines is 1. The normalized spacial score (nSPS) is 14.7. The first-order chi connectivity index (χ1) is 8.02. The van der Waals surface area contributed by atoms with E-state index < -0.39 is 11.0 Å². The molecule has 2 N–H and O–H groups in total.